The minimum Gasteiger partial charge on any atom is -0.258 e. The molecule has 0 fully saturated rings. The van der Waals surface area contributed by atoms with Gasteiger partial charge >= 0.3 is 0 Å². The van der Waals surface area contributed by atoms with E-state index in [9.17, 15) is 18.9 Å². The third-order valence-corrected chi connectivity index (χ3v) is 2.04. The van der Waals surface area contributed by atoms with Gasteiger partial charge in [-0.1, -0.05) is 0 Å². The molecule has 1 aromatic rings. The molecule has 0 atom stereocenters. The summed E-state index contributed by atoms with van der Waals surface area (Å²) in [7, 11) is 0. The Balaban J connectivity index is 3.47. The average Bonchev–Trinajstić information content (AvgIpc) is 2.15. The number of rotatable bonds is 3. The summed E-state index contributed by atoms with van der Waals surface area (Å²) in [5.41, 5.74) is -1.17. The van der Waals surface area contributed by atoms with Gasteiger partial charge in [-0.05, 0) is 6.92 Å². The minimum absolute atomic E-state index is 0.140. The van der Waals surface area contributed by atoms with E-state index in [1.54, 1.807) is 0 Å². The molecular formula is C8H7ClF2N2O2. The lowest BCUT2D eigenvalue weighted by molar-refractivity contribution is -0.386. The molecule has 0 aromatic carbocycles. The first-order chi connectivity index (χ1) is 6.97. The van der Waals surface area contributed by atoms with E-state index in [0.29, 0.717) is 5.69 Å². The fourth-order valence-corrected chi connectivity index (χ4v) is 1.42. The number of aromatic nitrogens is 1. The number of hydrogen-bond donors (Lipinski definition) is 0. The van der Waals surface area contributed by atoms with Crippen LogP contribution in [0, 0.1) is 17.0 Å². The van der Waals surface area contributed by atoms with Gasteiger partial charge in [0, 0.05) is 11.8 Å². The zero-order valence-electron chi connectivity index (χ0n) is 7.71. The van der Waals surface area contributed by atoms with Crippen molar-refractivity contribution < 1.29 is 13.7 Å². The summed E-state index contributed by atoms with van der Waals surface area (Å²) < 4.78 is 25.1. The smallest absolute Gasteiger partial charge is 0.258 e. The Kier molecular flexibility index (Phi) is 3.52. The van der Waals surface area contributed by atoms with Gasteiger partial charge in [0.15, 0.2) is 0 Å². The van der Waals surface area contributed by atoms with Crippen molar-refractivity contribution in [2.24, 2.45) is 0 Å². The molecule has 0 bridgehead atoms. The number of halogens is 3. The first kappa shape index (κ1) is 11.8. The van der Waals surface area contributed by atoms with E-state index in [1.165, 1.54) is 6.92 Å². The van der Waals surface area contributed by atoms with E-state index >= 15 is 0 Å². The summed E-state index contributed by atoms with van der Waals surface area (Å²) in [6.45, 7) is 1.48. The fraction of sp³-hybridized carbons (Fsp3) is 0.375. The van der Waals surface area contributed by atoms with Crippen LogP contribution >= 0.6 is 11.6 Å². The molecule has 1 aromatic heterocycles. The number of pyridine rings is 1. The molecule has 0 saturated carbocycles. The van der Waals surface area contributed by atoms with Gasteiger partial charge in [0.25, 0.3) is 12.1 Å². The van der Waals surface area contributed by atoms with Crippen molar-refractivity contribution in [3.05, 3.63) is 33.1 Å². The summed E-state index contributed by atoms with van der Waals surface area (Å²) in [6.07, 6.45) is -2.95. The normalized spacial score (nSPS) is 10.7. The van der Waals surface area contributed by atoms with Crippen LogP contribution in [0.2, 0.25) is 0 Å². The van der Waals surface area contributed by atoms with E-state index in [-0.39, 0.29) is 11.6 Å². The maximum atomic E-state index is 12.6. The van der Waals surface area contributed by atoms with Crippen LogP contribution in [0.25, 0.3) is 0 Å². The molecule has 0 unspecified atom stereocenters. The molecule has 4 nitrogen and oxygen atoms in total. The first-order valence-corrected chi connectivity index (χ1v) is 4.49. The lowest BCUT2D eigenvalue weighted by Crippen LogP contribution is -2.04. The Morgan fingerprint density at radius 2 is 2.27 bits per heavy atom. The van der Waals surface area contributed by atoms with Crippen LogP contribution in [0.1, 0.15) is 23.4 Å². The summed E-state index contributed by atoms with van der Waals surface area (Å²) in [6, 6.07) is 1.01. The van der Waals surface area contributed by atoms with E-state index in [4.69, 9.17) is 11.6 Å². The SMILES string of the molecule is Cc1cc([N+](=O)[O-])c(C(F)F)c(CCl)n1. The predicted octanol–water partition coefficient (Wildman–Crippen LogP) is 2.97. The fourth-order valence-electron chi connectivity index (χ4n) is 1.22. The maximum Gasteiger partial charge on any atom is 0.282 e. The van der Waals surface area contributed by atoms with Crippen molar-refractivity contribution >= 4 is 17.3 Å². The zero-order valence-corrected chi connectivity index (χ0v) is 8.46. The van der Waals surface area contributed by atoms with Gasteiger partial charge in [-0.15, -0.1) is 11.6 Å². The van der Waals surface area contributed by atoms with Gasteiger partial charge in [0.2, 0.25) is 0 Å². The molecule has 0 spiro atoms. The highest BCUT2D eigenvalue weighted by molar-refractivity contribution is 6.17. The second-order valence-corrected chi connectivity index (χ2v) is 3.10. The van der Waals surface area contributed by atoms with Crippen molar-refractivity contribution in [3.8, 4) is 0 Å². The van der Waals surface area contributed by atoms with Crippen molar-refractivity contribution in [3.63, 3.8) is 0 Å². The van der Waals surface area contributed by atoms with Gasteiger partial charge in [0.05, 0.1) is 16.5 Å². The van der Waals surface area contributed by atoms with Crippen molar-refractivity contribution in [1.29, 1.82) is 0 Å². The molecule has 7 heteroatoms. The molecule has 82 valence electrons. The third kappa shape index (κ3) is 2.38. The van der Waals surface area contributed by atoms with Crippen molar-refractivity contribution in [2.75, 3.05) is 0 Å². The topological polar surface area (TPSA) is 56.0 Å². The highest BCUT2D eigenvalue weighted by Crippen LogP contribution is 2.32. The largest absolute Gasteiger partial charge is 0.282 e. The lowest BCUT2D eigenvalue weighted by Gasteiger charge is -2.07. The molecule has 0 amide bonds. The Morgan fingerprint density at radius 3 is 2.67 bits per heavy atom. The Labute approximate surface area is 89.0 Å². The van der Waals surface area contributed by atoms with Gasteiger partial charge in [0.1, 0.15) is 5.56 Å². The second-order valence-electron chi connectivity index (χ2n) is 2.83. The Morgan fingerprint density at radius 1 is 1.67 bits per heavy atom. The van der Waals surface area contributed by atoms with Gasteiger partial charge < -0.3 is 0 Å². The summed E-state index contributed by atoms with van der Waals surface area (Å²) in [4.78, 5) is 13.4. The number of alkyl halides is 3. The average molecular weight is 237 g/mol. The van der Waals surface area contributed by atoms with Crippen LogP contribution in [0.5, 0.6) is 0 Å². The number of hydrogen-bond acceptors (Lipinski definition) is 3. The van der Waals surface area contributed by atoms with Gasteiger partial charge in [-0.25, -0.2) is 8.78 Å². The molecule has 0 radical (unpaired) electrons. The van der Waals surface area contributed by atoms with Crippen LogP contribution < -0.4 is 0 Å². The number of nitro groups is 1. The van der Waals surface area contributed by atoms with Crippen LogP contribution in [0.3, 0.4) is 0 Å². The van der Waals surface area contributed by atoms with E-state index < -0.39 is 22.6 Å². The van der Waals surface area contributed by atoms with Crippen LogP contribution in [-0.2, 0) is 5.88 Å². The summed E-state index contributed by atoms with van der Waals surface area (Å²) in [5, 5.41) is 10.5. The molecule has 15 heavy (non-hydrogen) atoms. The van der Waals surface area contributed by atoms with Crippen molar-refractivity contribution in [1.82, 2.24) is 4.98 Å². The quantitative estimate of drug-likeness (QED) is 0.461. The molecule has 0 saturated heterocycles. The lowest BCUT2D eigenvalue weighted by atomic mass is 10.1. The Bertz CT molecular complexity index is 398. The Hall–Kier alpha value is -1.30. The predicted molar refractivity (Wildman–Crippen MR) is 50.1 cm³/mol. The maximum absolute atomic E-state index is 12.6. The van der Waals surface area contributed by atoms with Gasteiger partial charge in [-0.3, -0.25) is 15.1 Å². The second kappa shape index (κ2) is 4.48. The first-order valence-electron chi connectivity index (χ1n) is 3.96. The monoisotopic (exact) mass is 236 g/mol. The summed E-state index contributed by atoms with van der Waals surface area (Å²) >= 11 is 5.41. The van der Waals surface area contributed by atoms with E-state index in [0.717, 1.165) is 6.07 Å². The van der Waals surface area contributed by atoms with E-state index in [1.807, 2.05) is 0 Å². The molecule has 0 N–H and O–H groups in total. The number of nitrogens with zero attached hydrogens (tertiary/aromatic N) is 2. The van der Waals surface area contributed by atoms with Crippen molar-refractivity contribution in [2.45, 2.75) is 19.2 Å². The van der Waals surface area contributed by atoms with E-state index in [2.05, 4.69) is 4.98 Å². The highest BCUT2D eigenvalue weighted by Gasteiger charge is 2.26. The molecule has 0 aliphatic carbocycles. The molecule has 1 heterocycles. The molecule has 0 aliphatic heterocycles. The van der Waals surface area contributed by atoms with Crippen LogP contribution in [0.15, 0.2) is 6.07 Å². The molecule has 0 aliphatic rings. The summed E-state index contributed by atoms with van der Waals surface area (Å²) in [5.74, 6) is -0.276. The zero-order chi connectivity index (χ0) is 11.6. The minimum atomic E-state index is -2.95. The third-order valence-electron chi connectivity index (χ3n) is 1.79. The molecule has 1 rings (SSSR count). The van der Waals surface area contributed by atoms with Crippen LogP contribution in [0.4, 0.5) is 14.5 Å². The van der Waals surface area contributed by atoms with Crippen LogP contribution in [-0.4, -0.2) is 9.91 Å². The molecular weight excluding hydrogens is 230 g/mol. The standard InChI is InChI=1S/C8H7ClF2N2O2/c1-4-2-6(13(14)15)7(8(10)11)5(3-9)12-4/h2,8H,3H2,1H3. The van der Waals surface area contributed by atoms with Gasteiger partial charge in [-0.2, -0.15) is 0 Å². The number of aryl methyl sites for hydroxylation is 1. The highest BCUT2D eigenvalue weighted by atomic mass is 35.5.